The van der Waals surface area contributed by atoms with Gasteiger partial charge in [-0.05, 0) is 82.2 Å². The van der Waals surface area contributed by atoms with Gasteiger partial charge in [-0.15, -0.1) is 0 Å². The highest BCUT2D eigenvalue weighted by Crippen LogP contribution is 2.32. The van der Waals surface area contributed by atoms with E-state index in [0.29, 0.717) is 6.42 Å². The molecule has 1 amide bonds. The molecule has 1 aromatic carbocycles. The molecule has 3 atom stereocenters. The molecular weight excluding hydrogens is 400 g/mol. The topological polar surface area (TPSA) is 55.9 Å². The molecule has 2 fully saturated rings. The van der Waals surface area contributed by atoms with Gasteiger partial charge < -0.3 is 19.9 Å². The van der Waals surface area contributed by atoms with Crippen LogP contribution in [-0.2, 0) is 16.0 Å². The number of unbranched alkanes of at least 4 members (excludes halogenated alkanes) is 1. The lowest BCUT2D eigenvalue weighted by molar-refractivity contribution is -0.113. The van der Waals surface area contributed by atoms with E-state index in [4.69, 9.17) is 0 Å². The average molecular weight is 443 g/mol. The molecule has 6 nitrogen and oxygen atoms in total. The number of carbonyl (C=O) groups excluding carboxylic acids is 2. The molecule has 2 saturated heterocycles. The summed E-state index contributed by atoms with van der Waals surface area (Å²) in [6.45, 7) is 5.54. The Morgan fingerprint density at radius 2 is 2.00 bits per heavy atom. The lowest BCUT2D eigenvalue weighted by Crippen LogP contribution is -2.39. The van der Waals surface area contributed by atoms with Gasteiger partial charge in [0.15, 0.2) is 0 Å². The maximum absolute atomic E-state index is 11.8. The number of aldehydes is 1. The zero-order valence-electron chi connectivity index (χ0n) is 20.3. The molecule has 2 heterocycles. The van der Waals surface area contributed by atoms with E-state index in [9.17, 15) is 9.59 Å². The summed E-state index contributed by atoms with van der Waals surface area (Å²) in [4.78, 5) is 29.7. The molecule has 178 valence electrons. The molecule has 2 aliphatic heterocycles. The van der Waals surface area contributed by atoms with Crippen molar-refractivity contribution >= 4 is 24.1 Å². The number of rotatable bonds is 14. The van der Waals surface area contributed by atoms with Crippen molar-refractivity contribution in [3.8, 4) is 0 Å². The molecule has 0 radical (unpaired) electrons. The number of hydrogen-bond acceptors (Lipinski definition) is 5. The number of nitrogens with one attached hydrogen (secondary N) is 1. The summed E-state index contributed by atoms with van der Waals surface area (Å²) in [6.07, 6.45) is 12.1. The lowest BCUT2D eigenvalue weighted by atomic mass is 10.0. The largest absolute Gasteiger partial charge is 0.376 e. The fraction of sp³-hybridized carbons (Fsp3) is 0.692. The van der Waals surface area contributed by atoms with Gasteiger partial charge in [0.05, 0.1) is 17.4 Å². The van der Waals surface area contributed by atoms with Gasteiger partial charge in [-0.1, -0.05) is 19.4 Å². The van der Waals surface area contributed by atoms with Crippen molar-refractivity contribution in [3.05, 3.63) is 23.8 Å². The maximum Gasteiger partial charge on any atom is 0.214 e. The molecule has 2 aliphatic rings. The quantitative estimate of drug-likeness (QED) is 0.352. The lowest BCUT2D eigenvalue weighted by Gasteiger charge is -2.29. The minimum atomic E-state index is -0.413. The minimum Gasteiger partial charge on any atom is -0.376 e. The van der Waals surface area contributed by atoms with Crippen molar-refractivity contribution in [2.75, 3.05) is 43.5 Å². The van der Waals surface area contributed by atoms with Crippen molar-refractivity contribution in [1.82, 2.24) is 10.2 Å². The van der Waals surface area contributed by atoms with Crippen molar-refractivity contribution in [2.45, 2.75) is 82.8 Å². The second-order valence-corrected chi connectivity index (χ2v) is 9.65. The summed E-state index contributed by atoms with van der Waals surface area (Å²) >= 11 is 0. The predicted molar refractivity (Wildman–Crippen MR) is 133 cm³/mol. The summed E-state index contributed by atoms with van der Waals surface area (Å²) in [5, 5.41) is 3.69. The second kappa shape index (κ2) is 12.4. The highest BCUT2D eigenvalue weighted by molar-refractivity contribution is 5.89. The third kappa shape index (κ3) is 6.10. The minimum absolute atomic E-state index is 0.413. The maximum atomic E-state index is 11.8. The Bertz CT molecular complexity index is 739. The van der Waals surface area contributed by atoms with E-state index in [2.05, 4.69) is 22.3 Å². The highest BCUT2D eigenvalue weighted by atomic mass is 16.1. The molecule has 0 bridgehead atoms. The van der Waals surface area contributed by atoms with Crippen molar-refractivity contribution in [2.24, 2.45) is 0 Å². The van der Waals surface area contributed by atoms with Crippen LogP contribution in [0.2, 0.25) is 0 Å². The molecule has 32 heavy (non-hydrogen) atoms. The molecule has 0 aromatic heterocycles. The number of amides is 1. The van der Waals surface area contributed by atoms with Gasteiger partial charge in [-0.2, -0.15) is 0 Å². The zero-order valence-corrected chi connectivity index (χ0v) is 20.3. The summed E-state index contributed by atoms with van der Waals surface area (Å²) < 4.78 is 0. The molecule has 3 rings (SSSR count). The van der Waals surface area contributed by atoms with E-state index in [-0.39, 0.29) is 0 Å². The van der Waals surface area contributed by atoms with E-state index in [1.54, 1.807) is 4.90 Å². The monoisotopic (exact) mass is 442 g/mol. The van der Waals surface area contributed by atoms with E-state index < -0.39 is 6.04 Å². The normalized spacial score (nSPS) is 21.3. The van der Waals surface area contributed by atoms with Gasteiger partial charge in [0.1, 0.15) is 6.29 Å². The first-order valence-corrected chi connectivity index (χ1v) is 12.5. The first-order chi connectivity index (χ1) is 15.6. The standard InChI is InChI=1S/C26H42N4O2/c1-4-8-24(19-31)30(20-32)25-14-11-21(17-26(25)28(2)3)9-5-6-15-27-18-23-13-12-22-10-7-16-29(22)23/h11,14,17,19-20,22-24,27H,4-10,12-13,15-16,18H2,1-3H3. The summed E-state index contributed by atoms with van der Waals surface area (Å²) in [6, 6.07) is 7.47. The van der Waals surface area contributed by atoms with Gasteiger partial charge in [-0.25, -0.2) is 0 Å². The molecule has 1 N–H and O–H groups in total. The first kappa shape index (κ1) is 24.7. The van der Waals surface area contributed by atoms with Crippen molar-refractivity contribution < 1.29 is 9.59 Å². The van der Waals surface area contributed by atoms with Gasteiger partial charge in [0.25, 0.3) is 0 Å². The highest BCUT2D eigenvalue weighted by Gasteiger charge is 2.35. The van der Waals surface area contributed by atoms with Gasteiger partial charge in [0, 0.05) is 32.7 Å². The summed E-state index contributed by atoms with van der Waals surface area (Å²) in [5.74, 6) is 0. The molecule has 6 heteroatoms. The van der Waals surface area contributed by atoms with Crippen LogP contribution in [0.5, 0.6) is 0 Å². The van der Waals surface area contributed by atoms with Crippen LogP contribution in [0, 0.1) is 0 Å². The third-order valence-electron chi connectivity index (χ3n) is 7.19. The van der Waals surface area contributed by atoms with Crippen molar-refractivity contribution in [3.63, 3.8) is 0 Å². The number of hydrogen-bond donors (Lipinski definition) is 1. The number of fused-ring (bicyclic) bond motifs is 1. The molecular formula is C26H42N4O2. The predicted octanol–water partition coefficient (Wildman–Crippen LogP) is 3.62. The zero-order chi connectivity index (χ0) is 22.9. The Kier molecular flexibility index (Phi) is 9.54. The van der Waals surface area contributed by atoms with Crippen LogP contribution < -0.4 is 15.1 Å². The van der Waals surface area contributed by atoms with Crippen LogP contribution in [-0.4, -0.2) is 69.5 Å². The third-order valence-corrected chi connectivity index (χ3v) is 7.19. The van der Waals surface area contributed by atoms with E-state index in [1.165, 1.54) is 44.2 Å². The van der Waals surface area contributed by atoms with Crippen LogP contribution in [0.1, 0.15) is 63.9 Å². The van der Waals surface area contributed by atoms with Crippen LogP contribution in [0.3, 0.4) is 0 Å². The van der Waals surface area contributed by atoms with Crippen LogP contribution in [0.25, 0.3) is 0 Å². The Morgan fingerprint density at radius 1 is 1.16 bits per heavy atom. The summed E-state index contributed by atoms with van der Waals surface area (Å²) in [5.41, 5.74) is 3.06. The number of benzene rings is 1. The Balaban J connectivity index is 1.48. The summed E-state index contributed by atoms with van der Waals surface area (Å²) in [7, 11) is 3.97. The Hall–Kier alpha value is -1.92. The molecule has 1 aromatic rings. The molecule has 3 unspecified atom stereocenters. The van der Waals surface area contributed by atoms with Gasteiger partial charge >= 0.3 is 0 Å². The number of carbonyl (C=O) groups is 2. The number of anilines is 2. The smallest absolute Gasteiger partial charge is 0.214 e. The van der Waals surface area contributed by atoms with E-state index in [0.717, 1.165) is 68.5 Å². The fourth-order valence-corrected chi connectivity index (χ4v) is 5.45. The van der Waals surface area contributed by atoms with Crippen LogP contribution in [0.4, 0.5) is 11.4 Å². The van der Waals surface area contributed by atoms with Crippen molar-refractivity contribution in [1.29, 1.82) is 0 Å². The molecule has 0 spiro atoms. The van der Waals surface area contributed by atoms with Gasteiger partial charge in [-0.3, -0.25) is 9.69 Å². The molecule has 0 aliphatic carbocycles. The number of nitrogens with zero attached hydrogens (tertiary/aromatic N) is 3. The van der Waals surface area contributed by atoms with Gasteiger partial charge in [0.2, 0.25) is 6.41 Å². The fourth-order valence-electron chi connectivity index (χ4n) is 5.45. The Morgan fingerprint density at radius 3 is 2.72 bits per heavy atom. The number of aryl methyl sites for hydroxylation is 1. The second-order valence-electron chi connectivity index (χ2n) is 9.65. The van der Waals surface area contributed by atoms with Crippen LogP contribution in [0.15, 0.2) is 18.2 Å². The van der Waals surface area contributed by atoms with E-state index in [1.807, 2.05) is 32.0 Å². The average Bonchev–Trinajstić information content (AvgIpc) is 3.41. The van der Waals surface area contributed by atoms with Crippen LogP contribution >= 0.6 is 0 Å². The van der Waals surface area contributed by atoms with E-state index >= 15 is 0 Å². The first-order valence-electron chi connectivity index (χ1n) is 12.5. The molecule has 0 saturated carbocycles. The SMILES string of the molecule is CCCC(C=O)N(C=O)c1ccc(CCCCNCC2CCC3CCCN32)cc1N(C)C. The Labute approximate surface area is 194 Å².